The molecule has 7 nitrogen and oxygen atoms in total. The molecule has 29 heavy (non-hydrogen) atoms. The second kappa shape index (κ2) is 6.49. The molecular weight excluding hydrogens is 372 g/mol. The predicted octanol–water partition coefficient (Wildman–Crippen LogP) is 2.07. The first kappa shape index (κ1) is 18.5. The number of ether oxygens (including phenoxy) is 3. The summed E-state index contributed by atoms with van der Waals surface area (Å²) in [7, 11) is 3.02. The molecule has 2 fully saturated rings. The number of amides is 1. The SMILES string of the molecule is COC(=O)C1=CO[C@@H](C)[C@H]2CN3CC[C@]4(C(=O)Nc5cc(OC)ccc54)C3C[C@H]12. The number of carbonyl (C=O) groups is 2. The van der Waals surface area contributed by atoms with Crippen LogP contribution < -0.4 is 10.1 Å². The van der Waals surface area contributed by atoms with Crippen molar-refractivity contribution < 1.29 is 23.8 Å². The average Bonchev–Trinajstić information content (AvgIpc) is 3.25. The van der Waals surface area contributed by atoms with Crippen molar-refractivity contribution in [1.29, 1.82) is 0 Å². The van der Waals surface area contributed by atoms with Crippen LogP contribution in [-0.2, 0) is 24.5 Å². The maximum absolute atomic E-state index is 13.3. The number of anilines is 1. The number of nitrogens with zero attached hydrogens (tertiary/aromatic N) is 1. The van der Waals surface area contributed by atoms with E-state index in [1.54, 1.807) is 13.4 Å². The third-order valence-electron chi connectivity index (χ3n) is 7.44. The van der Waals surface area contributed by atoms with Crippen LogP contribution in [0.1, 0.15) is 25.3 Å². The lowest BCUT2D eigenvalue weighted by Gasteiger charge is -2.48. The second-order valence-corrected chi connectivity index (χ2v) is 8.51. The Morgan fingerprint density at radius 1 is 1.34 bits per heavy atom. The van der Waals surface area contributed by atoms with Gasteiger partial charge in [-0.3, -0.25) is 9.69 Å². The third-order valence-corrected chi connectivity index (χ3v) is 7.44. The van der Waals surface area contributed by atoms with Gasteiger partial charge in [0.15, 0.2) is 0 Å². The zero-order chi connectivity index (χ0) is 20.3. The van der Waals surface area contributed by atoms with Gasteiger partial charge in [0.1, 0.15) is 5.75 Å². The van der Waals surface area contributed by atoms with Gasteiger partial charge in [-0.2, -0.15) is 0 Å². The number of hydrogen-bond acceptors (Lipinski definition) is 6. The summed E-state index contributed by atoms with van der Waals surface area (Å²) in [5, 5.41) is 3.09. The zero-order valence-corrected chi connectivity index (χ0v) is 16.9. The van der Waals surface area contributed by atoms with Crippen LogP contribution in [0.2, 0.25) is 0 Å². The fourth-order valence-electron chi connectivity index (χ4n) is 5.93. The maximum atomic E-state index is 13.3. The molecule has 5 rings (SSSR count). The van der Waals surface area contributed by atoms with Gasteiger partial charge in [-0.05, 0) is 37.9 Å². The summed E-state index contributed by atoms with van der Waals surface area (Å²) in [5.74, 6) is 0.676. The Bertz CT molecular complexity index is 912. The summed E-state index contributed by atoms with van der Waals surface area (Å²) in [6, 6.07) is 5.88. The highest BCUT2D eigenvalue weighted by atomic mass is 16.5. The average molecular weight is 398 g/mol. The standard InChI is InChI=1S/C22H26N2O5/c1-12-15-10-24-7-6-22(17-5-4-13(27-2)8-18(17)23-21(22)26)19(24)9-14(15)16(11-29-12)20(25)28-3/h4-5,8,11-12,14-15,19H,6-7,9-10H2,1-3H3,(H,23,26)/t12-,14-,15+,19?,22+/m0/s1. The minimum atomic E-state index is -0.588. The monoisotopic (exact) mass is 398 g/mol. The van der Waals surface area contributed by atoms with Crippen molar-refractivity contribution in [2.24, 2.45) is 11.8 Å². The van der Waals surface area contributed by atoms with E-state index in [2.05, 4.69) is 17.1 Å². The van der Waals surface area contributed by atoms with Crippen molar-refractivity contribution in [3.05, 3.63) is 35.6 Å². The second-order valence-electron chi connectivity index (χ2n) is 8.51. The number of esters is 1. The Kier molecular flexibility index (Phi) is 4.13. The maximum Gasteiger partial charge on any atom is 0.337 e. The van der Waals surface area contributed by atoms with E-state index in [1.165, 1.54) is 7.11 Å². The van der Waals surface area contributed by atoms with E-state index in [0.717, 1.165) is 42.9 Å². The zero-order valence-electron chi connectivity index (χ0n) is 16.9. The summed E-state index contributed by atoms with van der Waals surface area (Å²) < 4.78 is 16.1. The van der Waals surface area contributed by atoms with Crippen molar-refractivity contribution in [3.63, 3.8) is 0 Å². The fraction of sp³-hybridized carbons (Fsp3) is 0.545. The Morgan fingerprint density at radius 2 is 2.17 bits per heavy atom. The van der Waals surface area contributed by atoms with E-state index in [9.17, 15) is 9.59 Å². The summed E-state index contributed by atoms with van der Waals surface area (Å²) in [5.41, 5.74) is 1.88. The number of fused-ring (bicyclic) bond motifs is 5. The van der Waals surface area contributed by atoms with E-state index in [1.807, 2.05) is 18.2 Å². The van der Waals surface area contributed by atoms with Gasteiger partial charge < -0.3 is 19.5 Å². The van der Waals surface area contributed by atoms with Crippen molar-refractivity contribution >= 4 is 17.6 Å². The highest BCUT2D eigenvalue weighted by Gasteiger charge is 2.61. The lowest BCUT2D eigenvalue weighted by molar-refractivity contribution is -0.139. The number of benzene rings is 1. The molecule has 0 saturated carbocycles. The van der Waals surface area contributed by atoms with Crippen molar-refractivity contribution in [3.8, 4) is 5.75 Å². The third kappa shape index (κ3) is 2.46. The molecule has 0 radical (unpaired) electrons. The molecule has 1 N–H and O–H groups in total. The Balaban J connectivity index is 1.54. The molecule has 1 spiro atoms. The molecular formula is C22H26N2O5. The number of hydrogen-bond donors (Lipinski definition) is 1. The molecule has 1 unspecified atom stereocenters. The molecule has 1 amide bonds. The molecule has 0 aromatic heterocycles. The van der Waals surface area contributed by atoms with Crippen LogP contribution in [0.4, 0.5) is 5.69 Å². The van der Waals surface area contributed by atoms with E-state index in [-0.39, 0.29) is 35.9 Å². The molecule has 2 saturated heterocycles. The van der Waals surface area contributed by atoms with Crippen molar-refractivity contribution in [2.75, 3.05) is 32.6 Å². The molecule has 4 heterocycles. The minimum Gasteiger partial charge on any atom is -0.497 e. The molecule has 5 atom stereocenters. The van der Waals surface area contributed by atoms with Crippen molar-refractivity contribution in [1.82, 2.24) is 4.90 Å². The van der Waals surface area contributed by atoms with Gasteiger partial charge in [0.2, 0.25) is 5.91 Å². The first-order valence-corrected chi connectivity index (χ1v) is 10.2. The highest BCUT2D eigenvalue weighted by Crippen LogP contribution is 2.54. The number of nitrogens with one attached hydrogen (secondary N) is 1. The topological polar surface area (TPSA) is 77.1 Å². The molecule has 154 valence electrons. The normalized spacial score (nSPS) is 35.1. The number of methoxy groups -OCH3 is 2. The smallest absolute Gasteiger partial charge is 0.337 e. The largest absolute Gasteiger partial charge is 0.497 e. The van der Waals surface area contributed by atoms with Crippen LogP contribution in [0.3, 0.4) is 0 Å². The quantitative estimate of drug-likeness (QED) is 0.769. The van der Waals surface area contributed by atoms with Crippen LogP contribution in [-0.4, -0.2) is 56.2 Å². The van der Waals surface area contributed by atoms with E-state index in [4.69, 9.17) is 14.2 Å². The number of piperidine rings is 1. The Labute approximate surface area is 170 Å². The molecule has 1 aromatic carbocycles. The molecule has 0 bridgehead atoms. The first-order chi connectivity index (χ1) is 14.0. The first-order valence-electron chi connectivity index (χ1n) is 10.2. The summed E-state index contributed by atoms with van der Waals surface area (Å²) in [4.78, 5) is 28.1. The van der Waals surface area contributed by atoms with E-state index < -0.39 is 5.41 Å². The number of carbonyl (C=O) groups excluding carboxylic acids is 2. The fourth-order valence-corrected chi connectivity index (χ4v) is 5.93. The molecule has 0 aliphatic carbocycles. The summed E-state index contributed by atoms with van der Waals surface area (Å²) in [6.45, 7) is 3.72. The van der Waals surface area contributed by atoms with Gasteiger partial charge >= 0.3 is 5.97 Å². The lowest BCUT2D eigenvalue weighted by Crippen LogP contribution is -2.56. The summed E-state index contributed by atoms with van der Waals surface area (Å²) in [6.07, 6.45) is 3.11. The van der Waals surface area contributed by atoms with E-state index >= 15 is 0 Å². The number of rotatable bonds is 2. The summed E-state index contributed by atoms with van der Waals surface area (Å²) >= 11 is 0. The lowest BCUT2D eigenvalue weighted by atomic mass is 9.66. The van der Waals surface area contributed by atoms with Crippen LogP contribution in [0, 0.1) is 11.8 Å². The van der Waals surface area contributed by atoms with Gasteiger partial charge in [0.25, 0.3) is 0 Å². The molecule has 1 aromatic rings. The molecule has 4 aliphatic heterocycles. The van der Waals surface area contributed by atoms with Crippen molar-refractivity contribution in [2.45, 2.75) is 37.3 Å². The Hall–Kier alpha value is -2.54. The van der Waals surface area contributed by atoms with Gasteiger partial charge in [-0.25, -0.2) is 4.79 Å². The molecule has 4 aliphatic rings. The van der Waals surface area contributed by atoms with Gasteiger partial charge in [-0.15, -0.1) is 0 Å². The van der Waals surface area contributed by atoms with Crippen LogP contribution in [0.5, 0.6) is 5.75 Å². The molecule has 7 heteroatoms. The van der Waals surface area contributed by atoms with E-state index in [0.29, 0.717) is 5.57 Å². The van der Waals surface area contributed by atoms with Gasteiger partial charge in [-0.1, -0.05) is 6.07 Å². The minimum absolute atomic E-state index is 0.0255. The van der Waals surface area contributed by atoms with Crippen LogP contribution >= 0.6 is 0 Å². The van der Waals surface area contributed by atoms with Gasteiger partial charge in [0, 0.05) is 36.2 Å². The van der Waals surface area contributed by atoms with Crippen LogP contribution in [0.25, 0.3) is 0 Å². The predicted molar refractivity (Wildman–Crippen MR) is 106 cm³/mol. The van der Waals surface area contributed by atoms with Gasteiger partial charge in [0.05, 0.1) is 37.6 Å². The van der Waals surface area contributed by atoms with Crippen LogP contribution in [0.15, 0.2) is 30.0 Å². The highest BCUT2D eigenvalue weighted by molar-refractivity contribution is 6.07. The Morgan fingerprint density at radius 3 is 2.93 bits per heavy atom.